The molecule has 2 aliphatic rings. The quantitative estimate of drug-likeness (QED) is 0.823. The van der Waals surface area contributed by atoms with Gasteiger partial charge in [-0.15, -0.1) is 17.5 Å². The standard InChI is InChI=1S/C16H18BrN5O.ClH/c17-12-1-2-15-11(9-12)5-8-21(15)16(23)14-10-22(20-19-14)13-3-6-18-7-4-13;/h1-2,9-10,13,18H,3-8H2;1H. The van der Waals surface area contributed by atoms with E-state index in [1.165, 1.54) is 5.56 Å². The van der Waals surface area contributed by atoms with Crippen LogP contribution in [0.2, 0.25) is 0 Å². The smallest absolute Gasteiger partial charge is 0.280 e. The van der Waals surface area contributed by atoms with Crippen molar-refractivity contribution in [3.05, 3.63) is 40.1 Å². The summed E-state index contributed by atoms with van der Waals surface area (Å²) in [6.45, 7) is 2.68. The number of halogens is 2. The molecule has 0 bridgehead atoms. The molecular formula is C16H19BrClN5O. The molecule has 2 aliphatic heterocycles. The Morgan fingerprint density at radius 3 is 2.88 bits per heavy atom. The Kier molecular flexibility index (Phi) is 5.22. The molecular weight excluding hydrogens is 394 g/mol. The molecule has 1 aromatic carbocycles. The minimum atomic E-state index is -0.0637. The second-order valence-electron chi connectivity index (χ2n) is 6.04. The van der Waals surface area contributed by atoms with Crippen LogP contribution in [-0.2, 0) is 6.42 Å². The van der Waals surface area contributed by atoms with Crippen LogP contribution in [0.25, 0.3) is 0 Å². The van der Waals surface area contributed by atoms with Crippen molar-refractivity contribution in [1.82, 2.24) is 20.3 Å². The summed E-state index contributed by atoms with van der Waals surface area (Å²) in [6, 6.07) is 6.37. The van der Waals surface area contributed by atoms with Crippen molar-refractivity contribution in [3.63, 3.8) is 0 Å². The fraction of sp³-hybridized carbons (Fsp3) is 0.438. The van der Waals surface area contributed by atoms with Gasteiger partial charge in [0.05, 0.1) is 12.2 Å². The Balaban J connectivity index is 0.00000169. The maximum absolute atomic E-state index is 12.8. The highest BCUT2D eigenvalue weighted by Crippen LogP contribution is 2.31. The van der Waals surface area contributed by atoms with Crippen LogP contribution in [-0.4, -0.2) is 40.5 Å². The largest absolute Gasteiger partial charge is 0.317 e. The van der Waals surface area contributed by atoms with Gasteiger partial charge in [0.15, 0.2) is 5.69 Å². The van der Waals surface area contributed by atoms with Gasteiger partial charge >= 0.3 is 0 Å². The second-order valence-corrected chi connectivity index (χ2v) is 6.96. The third-order valence-corrected chi connectivity index (χ3v) is 5.09. The number of anilines is 1. The van der Waals surface area contributed by atoms with E-state index < -0.39 is 0 Å². The van der Waals surface area contributed by atoms with Gasteiger partial charge in [-0.3, -0.25) is 4.79 Å². The molecule has 1 fully saturated rings. The summed E-state index contributed by atoms with van der Waals surface area (Å²) in [5.74, 6) is -0.0637. The number of nitrogens with one attached hydrogen (secondary N) is 1. The number of aromatic nitrogens is 3. The van der Waals surface area contributed by atoms with E-state index in [4.69, 9.17) is 0 Å². The van der Waals surface area contributed by atoms with Crippen molar-refractivity contribution < 1.29 is 4.79 Å². The SMILES string of the molecule is Cl.O=C(c1cn(C2CCNCC2)nn1)N1CCc2cc(Br)ccc21. The highest BCUT2D eigenvalue weighted by Gasteiger charge is 2.28. The summed E-state index contributed by atoms with van der Waals surface area (Å²) in [7, 11) is 0. The van der Waals surface area contributed by atoms with Gasteiger partial charge in [0, 0.05) is 16.7 Å². The Morgan fingerprint density at radius 2 is 2.08 bits per heavy atom. The zero-order valence-electron chi connectivity index (χ0n) is 13.1. The average molecular weight is 413 g/mol. The molecule has 0 unspecified atom stereocenters. The number of rotatable bonds is 2. The van der Waals surface area contributed by atoms with Crippen LogP contribution in [0.5, 0.6) is 0 Å². The molecule has 2 aromatic rings. The summed E-state index contributed by atoms with van der Waals surface area (Å²) in [4.78, 5) is 14.6. The summed E-state index contributed by atoms with van der Waals surface area (Å²) >= 11 is 3.48. The van der Waals surface area contributed by atoms with E-state index in [-0.39, 0.29) is 18.3 Å². The van der Waals surface area contributed by atoms with Crippen LogP contribution < -0.4 is 10.2 Å². The fourth-order valence-corrected chi connectivity index (χ4v) is 3.75. The van der Waals surface area contributed by atoms with Gasteiger partial charge < -0.3 is 10.2 Å². The van der Waals surface area contributed by atoms with Crippen LogP contribution in [0, 0.1) is 0 Å². The lowest BCUT2D eigenvalue weighted by molar-refractivity contribution is 0.0984. The van der Waals surface area contributed by atoms with E-state index in [0.29, 0.717) is 18.3 Å². The van der Waals surface area contributed by atoms with Crippen LogP contribution in [0.4, 0.5) is 5.69 Å². The molecule has 0 saturated carbocycles. The number of hydrogen-bond acceptors (Lipinski definition) is 4. The van der Waals surface area contributed by atoms with E-state index in [2.05, 4.69) is 37.6 Å². The molecule has 1 aromatic heterocycles. The second kappa shape index (κ2) is 7.21. The highest BCUT2D eigenvalue weighted by molar-refractivity contribution is 9.10. The van der Waals surface area contributed by atoms with Crippen LogP contribution in [0.3, 0.4) is 0 Å². The van der Waals surface area contributed by atoms with E-state index in [0.717, 1.165) is 42.5 Å². The Bertz CT molecular complexity index is 744. The molecule has 0 aliphatic carbocycles. The number of piperidine rings is 1. The lowest BCUT2D eigenvalue weighted by atomic mass is 10.1. The maximum Gasteiger partial charge on any atom is 0.280 e. The van der Waals surface area contributed by atoms with Gasteiger partial charge in [-0.25, -0.2) is 4.68 Å². The highest BCUT2D eigenvalue weighted by atomic mass is 79.9. The molecule has 1 amide bonds. The zero-order valence-corrected chi connectivity index (χ0v) is 15.5. The number of nitrogens with zero attached hydrogens (tertiary/aromatic N) is 4. The van der Waals surface area contributed by atoms with Gasteiger partial charge in [0.25, 0.3) is 5.91 Å². The first kappa shape index (κ1) is 17.4. The number of hydrogen-bond donors (Lipinski definition) is 1. The third-order valence-electron chi connectivity index (χ3n) is 4.59. The molecule has 128 valence electrons. The van der Waals surface area contributed by atoms with Crippen molar-refractivity contribution in [1.29, 1.82) is 0 Å². The summed E-state index contributed by atoms with van der Waals surface area (Å²) in [5.41, 5.74) is 2.60. The number of carbonyl (C=O) groups excluding carboxylic acids is 1. The maximum atomic E-state index is 12.8. The van der Waals surface area contributed by atoms with Gasteiger partial charge in [-0.1, -0.05) is 21.1 Å². The summed E-state index contributed by atoms with van der Waals surface area (Å²) < 4.78 is 2.90. The molecule has 6 nitrogen and oxygen atoms in total. The fourth-order valence-electron chi connectivity index (χ4n) is 3.34. The molecule has 3 heterocycles. The van der Waals surface area contributed by atoms with Crippen molar-refractivity contribution in [2.75, 3.05) is 24.5 Å². The van der Waals surface area contributed by atoms with Crippen LogP contribution >= 0.6 is 28.3 Å². The predicted molar refractivity (Wildman–Crippen MR) is 97.9 cm³/mol. The van der Waals surface area contributed by atoms with Gasteiger partial charge in [0.2, 0.25) is 0 Å². The summed E-state index contributed by atoms with van der Waals surface area (Å²) in [6.07, 6.45) is 4.73. The van der Waals surface area contributed by atoms with Gasteiger partial charge in [0.1, 0.15) is 0 Å². The number of benzene rings is 1. The Hall–Kier alpha value is -1.44. The third kappa shape index (κ3) is 3.20. The number of amides is 1. The monoisotopic (exact) mass is 411 g/mol. The average Bonchev–Trinajstić information content (AvgIpc) is 3.22. The lowest BCUT2D eigenvalue weighted by Crippen LogP contribution is -2.30. The van der Waals surface area contributed by atoms with E-state index in [9.17, 15) is 4.79 Å². The molecule has 8 heteroatoms. The minimum absolute atomic E-state index is 0. The molecule has 1 saturated heterocycles. The molecule has 4 rings (SSSR count). The van der Waals surface area contributed by atoms with Crippen molar-refractivity contribution in [2.45, 2.75) is 25.3 Å². The van der Waals surface area contributed by atoms with Crippen LogP contribution in [0.1, 0.15) is 34.9 Å². The minimum Gasteiger partial charge on any atom is -0.317 e. The van der Waals surface area contributed by atoms with E-state index in [1.807, 2.05) is 16.8 Å². The molecule has 0 atom stereocenters. The number of carbonyl (C=O) groups is 1. The molecule has 0 spiro atoms. The zero-order chi connectivity index (χ0) is 15.8. The molecule has 24 heavy (non-hydrogen) atoms. The first-order valence-electron chi connectivity index (χ1n) is 7.95. The van der Waals surface area contributed by atoms with Crippen molar-refractivity contribution in [3.8, 4) is 0 Å². The topological polar surface area (TPSA) is 63.1 Å². The van der Waals surface area contributed by atoms with Gasteiger partial charge in [-0.05, 0) is 56.1 Å². The van der Waals surface area contributed by atoms with E-state index >= 15 is 0 Å². The van der Waals surface area contributed by atoms with Crippen molar-refractivity contribution in [2.24, 2.45) is 0 Å². The summed E-state index contributed by atoms with van der Waals surface area (Å²) in [5, 5.41) is 11.6. The predicted octanol–water partition coefficient (Wildman–Crippen LogP) is 2.59. The Labute approximate surface area is 155 Å². The van der Waals surface area contributed by atoms with Gasteiger partial charge in [-0.2, -0.15) is 0 Å². The first-order valence-corrected chi connectivity index (χ1v) is 8.74. The van der Waals surface area contributed by atoms with Crippen LogP contribution in [0.15, 0.2) is 28.9 Å². The molecule has 0 radical (unpaired) electrons. The van der Waals surface area contributed by atoms with E-state index in [1.54, 1.807) is 11.1 Å². The molecule has 1 N–H and O–H groups in total. The Morgan fingerprint density at radius 1 is 1.29 bits per heavy atom. The number of fused-ring (bicyclic) bond motifs is 1. The van der Waals surface area contributed by atoms with Crippen molar-refractivity contribution >= 4 is 39.9 Å². The first-order chi connectivity index (χ1) is 11.2. The lowest BCUT2D eigenvalue weighted by Gasteiger charge is -2.22. The normalized spacial score (nSPS) is 17.5.